The number of carbonyl (C=O) groups is 3. The third kappa shape index (κ3) is 2.53. The number of unbranched alkanes of at least 4 members (excludes halogenated alkanes) is 1. The number of hydrogen-bond donors (Lipinski definition) is 3. The molecular formula is C12H20N2O4. The molecule has 1 rings (SSSR count). The zero-order chi connectivity index (χ0) is 13.8. The minimum atomic E-state index is -1.53. The maximum absolute atomic E-state index is 12.0. The molecule has 1 aliphatic rings. The first-order valence-corrected chi connectivity index (χ1v) is 6.34. The molecule has 0 aromatic carbocycles. The van der Waals surface area contributed by atoms with Crippen molar-refractivity contribution in [1.82, 2.24) is 10.6 Å². The van der Waals surface area contributed by atoms with Crippen LogP contribution in [0.2, 0.25) is 0 Å². The fourth-order valence-electron chi connectivity index (χ4n) is 2.30. The van der Waals surface area contributed by atoms with Crippen molar-refractivity contribution in [3.05, 3.63) is 0 Å². The van der Waals surface area contributed by atoms with Gasteiger partial charge in [-0.3, -0.25) is 20.2 Å². The van der Waals surface area contributed by atoms with E-state index in [4.69, 9.17) is 0 Å². The normalized spacial score (nSPS) is 20.3. The van der Waals surface area contributed by atoms with Gasteiger partial charge in [-0.25, -0.2) is 4.79 Å². The van der Waals surface area contributed by atoms with Crippen LogP contribution in [0.1, 0.15) is 46.0 Å². The lowest BCUT2D eigenvalue weighted by molar-refractivity contribution is -0.154. The number of carbonyl (C=O) groups excluding carboxylic acids is 3. The van der Waals surface area contributed by atoms with Gasteiger partial charge in [0.2, 0.25) is 11.8 Å². The number of barbiturate groups is 1. The molecule has 0 aromatic heterocycles. The molecule has 1 aliphatic heterocycles. The van der Waals surface area contributed by atoms with Crippen LogP contribution in [0, 0.1) is 5.41 Å². The van der Waals surface area contributed by atoms with Crippen LogP contribution in [0.4, 0.5) is 4.79 Å². The van der Waals surface area contributed by atoms with Crippen molar-refractivity contribution in [2.45, 2.75) is 52.1 Å². The number of hydrogen-bond acceptors (Lipinski definition) is 4. The Kier molecular flexibility index (Phi) is 4.84. The number of urea groups is 1. The van der Waals surface area contributed by atoms with Crippen LogP contribution in [-0.4, -0.2) is 29.1 Å². The molecule has 3 N–H and O–H groups in total. The summed E-state index contributed by atoms with van der Waals surface area (Å²) in [4.78, 5) is 35.0. The smallest absolute Gasteiger partial charge is 0.328 e. The summed E-state index contributed by atoms with van der Waals surface area (Å²) in [6, 6.07) is -0.820. The lowest BCUT2D eigenvalue weighted by atomic mass is 9.73. The molecular weight excluding hydrogens is 236 g/mol. The van der Waals surface area contributed by atoms with Crippen molar-refractivity contribution in [3.8, 4) is 0 Å². The Bertz CT molecular complexity index is 334. The van der Waals surface area contributed by atoms with Crippen LogP contribution < -0.4 is 10.6 Å². The van der Waals surface area contributed by atoms with Crippen LogP contribution in [0.15, 0.2) is 0 Å². The van der Waals surface area contributed by atoms with E-state index < -0.39 is 29.4 Å². The predicted molar refractivity (Wildman–Crippen MR) is 64.6 cm³/mol. The quantitative estimate of drug-likeness (QED) is 0.609. The van der Waals surface area contributed by atoms with E-state index in [-0.39, 0.29) is 6.42 Å². The molecule has 6 nitrogen and oxygen atoms in total. The second kappa shape index (κ2) is 5.95. The highest BCUT2D eigenvalue weighted by atomic mass is 16.3. The molecule has 1 saturated heterocycles. The van der Waals surface area contributed by atoms with Crippen LogP contribution in [0.25, 0.3) is 0 Å². The Morgan fingerprint density at radius 3 is 2.11 bits per heavy atom. The zero-order valence-electron chi connectivity index (χ0n) is 10.8. The Labute approximate surface area is 106 Å². The Morgan fingerprint density at radius 1 is 1.11 bits per heavy atom. The Hall–Kier alpha value is -1.43. The van der Waals surface area contributed by atoms with Gasteiger partial charge >= 0.3 is 6.03 Å². The molecule has 0 bridgehead atoms. The first-order chi connectivity index (χ1) is 8.48. The topological polar surface area (TPSA) is 95.5 Å². The average molecular weight is 256 g/mol. The molecule has 6 heteroatoms. The van der Waals surface area contributed by atoms with E-state index in [1.807, 2.05) is 13.8 Å². The molecule has 102 valence electrons. The molecule has 0 aromatic rings. The van der Waals surface area contributed by atoms with Crippen LogP contribution in [0.5, 0.6) is 0 Å². The van der Waals surface area contributed by atoms with Gasteiger partial charge in [-0.05, 0) is 12.8 Å². The molecule has 1 atom stereocenters. The highest BCUT2D eigenvalue weighted by molar-refractivity contribution is 6.19. The van der Waals surface area contributed by atoms with Gasteiger partial charge in [0.1, 0.15) is 0 Å². The molecule has 0 radical (unpaired) electrons. The molecule has 18 heavy (non-hydrogen) atoms. The van der Waals surface area contributed by atoms with Gasteiger partial charge < -0.3 is 5.11 Å². The molecule has 0 aliphatic carbocycles. The lowest BCUT2D eigenvalue weighted by Crippen LogP contribution is -2.66. The summed E-state index contributed by atoms with van der Waals surface area (Å²) >= 11 is 0. The Balaban J connectivity index is 3.00. The van der Waals surface area contributed by atoms with Gasteiger partial charge in [0.25, 0.3) is 0 Å². The van der Waals surface area contributed by atoms with Crippen molar-refractivity contribution in [3.63, 3.8) is 0 Å². The fourth-order valence-corrected chi connectivity index (χ4v) is 2.30. The third-order valence-electron chi connectivity index (χ3n) is 3.31. The summed E-state index contributed by atoms with van der Waals surface area (Å²) in [5.41, 5.74) is -1.53. The number of imide groups is 2. The summed E-state index contributed by atoms with van der Waals surface area (Å²) in [6.07, 6.45) is 1.68. The summed E-state index contributed by atoms with van der Waals surface area (Å²) in [5, 5.41) is 14.3. The standard InChI is InChI=1S/C12H20N2O4/c1-3-5-6-8(15)12(7-4-2)9(16)13-11(18)14-10(12)17/h8,15H,3-7H2,1-2H3,(H2,13,14,16,17,18). The summed E-state index contributed by atoms with van der Waals surface area (Å²) < 4.78 is 0. The number of aliphatic hydroxyl groups excluding tert-OH is 1. The average Bonchev–Trinajstić information content (AvgIpc) is 2.30. The molecule has 0 saturated carbocycles. The minimum absolute atomic E-state index is 0.225. The maximum atomic E-state index is 12.0. The molecule has 0 spiro atoms. The van der Waals surface area contributed by atoms with Crippen molar-refractivity contribution in [2.75, 3.05) is 0 Å². The maximum Gasteiger partial charge on any atom is 0.328 e. The van der Waals surface area contributed by atoms with E-state index in [2.05, 4.69) is 10.6 Å². The second-order valence-electron chi connectivity index (χ2n) is 4.62. The van der Waals surface area contributed by atoms with Gasteiger partial charge in [0.15, 0.2) is 5.41 Å². The van der Waals surface area contributed by atoms with Gasteiger partial charge in [0, 0.05) is 0 Å². The van der Waals surface area contributed by atoms with E-state index in [0.29, 0.717) is 12.8 Å². The third-order valence-corrected chi connectivity index (χ3v) is 3.31. The number of nitrogens with one attached hydrogen (secondary N) is 2. The van der Waals surface area contributed by atoms with E-state index in [0.717, 1.165) is 12.8 Å². The van der Waals surface area contributed by atoms with Gasteiger partial charge in [-0.1, -0.05) is 33.1 Å². The SMILES string of the molecule is CCCCC(O)C1(CCC)C(=O)NC(=O)NC1=O. The first-order valence-electron chi connectivity index (χ1n) is 6.34. The zero-order valence-corrected chi connectivity index (χ0v) is 10.8. The van der Waals surface area contributed by atoms with Crippen molar-refractivity contribution in [1.29, 1.82) is 0 Å². The Morgan fingerprint density at radius 2 is 1.67 bits per heavy atom. The van der Waals surface area contributed by atoms with Gasteiger partial charge in [0.05, 0.1) is 6.10 Å². The van der Waals surface area contributed by atoms with Crippen molar-refractivity contribution in [2.24, 2.45) is 5.41 Å². The van der Waals surface area contributed by atoms with Gasteiger partial charge in [-0.2, -0.15) is 0 Å². The van der Waals surface area contributed by atoms with Crippen LogP contribution >= 0.6 is 0 Å². The highest BCUT2D eigenvalue weighted by Gasteiger charge is 2.54. The minimum Gasteiger partial charge on any atom is -0.391 e. The predicted octanol–water partition coefficient (Wildman–Crippen LogP) is 0.690. The molecule has 4 amide bonds. The molecule has 1 fully saturated rings. The van der Waals surface area contributed by atoms with Crippen LogP contribution in [-0.2, 0) is 9.59 Å². The summed E-state index contributed by atoms with van der Waals surface area (Å²) in [5.74, 6) is -1.39. The van der Waals surface area contributed by atoms with E-state index in [9.17, 15) is 19.5 Å². The largest absolute Gasteiger partial charge is 0.391 e. The van der Waals surface area contributed by atoms with E-state index >= 15 is 0 Å². The summed E-state index contributed by atoms with van der Waals surface area (Å²) in [7, 11) is 0. The lowest BCUT2D eigenvalue weighted by Gasteiger charge is -2.37. The fraction of sp³-hybridized carbons (Fsp3) is 0.750. The molecule has 1 unspecified atom stereocenters. The van der Waals surface area contributed by atoms with Crippen molar-refractivity contribution < 1.29 is 19.5 Å². The van der Waals surface area contributed by atoms with Crippen LogP contribution in [0.3, 0.4) is 0 Å². The monoisotopic (exact) mass is 256 g/mol. The number of rotatable bonds is 6. The molecule has 1 heterocycles. The van der Waals surface area contributed by atoms with Crippen molar-refractivity contribution >= 4 is 17.8 Å². The van der Waals surface area contributed by atoms with E-state index in [1.54, 1.807) is 0 Å². The number of aliphatic hydroxyl groups is 1. The second-order valence-corrected chi connectivity index (χ2v) is 4.62. The van der Waals surface area contributed by atoms with Gasteiger partial charge in [-0.15, -0.1) is 0 Å². The van der Waals surface area contributed by atoms with E-state index in [1.165, 1.54) is 0 Å². The highest BCUT2D eigenvalue weighted by Crippen LogP contribution is 2.33. The first kappa shape index (κ1) is 14.6. The summed E-state index contributed by atoms with van der Waals surface area (Å²) in [6.45, 7) is 3.79. The number of amides is 4.